The van der Waals surface area contributed by atoms with Crippen LogP contribution in [-0.4, -0.2) is 29.9 Å². The zero-order valence-electron chi connectivity index (χ0n) is 73.3. The summed E-state index contributed by atoms with van der Waals surface area (Å²) in [4.78, 5) is 30.6. The number of hydrogen-bond donors (Lipinski definition) is 0. The van der Waals surface area contributed by atoms with Gasteiger partial charge in [-0.3, -0.25) is 0 Å². The van der Waals surface area contributed by atoms with E-state index in [-0.39, 0.29) is 0 Å². The number of nitrogens with zero attached hydrogens (tertiary/aromatic N) is 6. The van der Waals surface area contributed by atoms with Gasteiger partial charge < -0.3 is 13.3 Å². The molecule has 9 nitrogen and oxygen atoms in total. The van der Waals surface area contributed by atoms with Gasteiger partial charge in [-0.2, -0.15) is 0 Å². The molecule has 25 aromatic rings. The molecule has 6 aromatic heterocycles. The molecule has 0 saturated heterocycles. The average Bonchev–Trinajstić information content (AvgIpc) is 1.61. The number of aromatic nitrogens is 6. The lowest BCUT2D eigenvalue weighted by molar-refractivity contribution is 0.668. The normalized spacial score (nSPS) is 11.3. The van der Waals surface area contributed by atoms with Crippen molar-refractivity contribution in [1.82, 2.24) is 29.9 Å². The van der Waals surface area contributed by atoms with E-state index < -0.39 is 0 Å². The maximum absolute atomic E-state index is 6.21. The third-order valence-corrected chi connectivity index (χ3v) is 24.9. The SMILES string of the molecule is c1ccc(-c2ccc(-c3cc(-c4cccc(-c5cccc6oc7ccccc7c56)c4)nc(-c4ccc(-c5ccccc5)cc4)n3)cc2)cc1.c1ccc(-c2ccc(-c3nc(-c4ccccc4)cc(-c4cccc(-c5cccc6oc7ccccc7c56)c4)n3)cc2)cc1.c1ccc(-c2cccc(-c3cc(-c4cccc(-c5cccc6oc7ccccc7c56)c4)nc(-c4ccccc4)n3)c2)cc1. The lowest BCUT2D eigenvalue weighted by Gasteiger charge is -2.12. The average molecular weight is 1730 g/mol. The van der Waals surface area contributed by atoms with Crippen LogP contribution in [0.15, 0.2) is 511 Å². The van der Waals surface area contributed by atoms with Crippen LogP contribution in [0.3, 0.4) is 0 Å². The molecule has 0 unspecified atom stereocenters. The molecule has 135 heavy (non-hydrogen) atoms. The van der Waals surface area contributed by atoms with Crippen LogP contribution < -0.4 is 0 Å². The molecule has 9 heteroatoms. The first-order valence-electron chi connectivity index (χ1n) is 45.3. The number of hydrogen-bond acceptors (Lipinski definition) is 9. The molecule has 19 aromatic carbocycles. The second kappa shape index (κ2) is 36.4. The van der Waals surface area contributed by atoms with E-state index in [1.54, 1.807) is 0 Å². The summed E-state index contributed by atoms with van der Waals surface area (Å²) in [5.74, 6) is 2.09. The Morgan fingerprint density at radius 3 is 0.615 bits per heavy atom. The molecule has 0 amide bonds. The Bertz CT molecular complexity index is 8520. The van der Waals surface area contributed by atoms with Gasteiger partial charge in [0.2, 0.25) is 0 Å². The van der Waals surface area contributed by atoms with E-state index in [0.29, 0.717) is 17.5 Å². The lowest BCUT2D eigenvalue weighted by Crippen LogP contribution is -1.96. The lowest BCUT2D eigenvalue weighted by atomic mass is 9.96. The van der Waals surface area contributed by atoms with Crippen molar-refractivity contribution in [3.63, 3.8) is 0 Å². The maximum Gasteiger partial charge on any atom is 0.160 e. The van der Waals surface area contributed by atoms with Crippen molar-refractivity contribution in [1.29, 1.82) is 0 Å². The van der Waals surface area contributed by atoms with Gasteiger partial charge in [-0.25, -0.2) is 29.9 Å². The summed E-state index contributed by atoms with van der Waals surface area (Å²) in [6, 6.07) is 172. The summed E-state index contributed by atoms with van der Waals surface area (Å²) in [6.45, 7) is 0. The Morgan fingerprint density at radius 1 is 0.119 bits per heavy atom. The molecule has 0 N–H and O–H groups in total. The van der Waals surface area contributed by atoms with Crippen molar-refractivity contribution in [2.75, 3.05) is 0 Å². The molecule has 0 atom stereocenters. The van der Waals surface area contributed by atoms with E-state index in [4.69, 9.17) is 43.2 Å². The largest absolute Gasteiger partial charge is 0.456 e. The highest BCUT2D eigenvalue weighted by Gasteiger charge is 2.22. The second-order valence-electron chi connectivity index (χ2n) is 33.5. The van der Waals surface area contributed by atoms with Crippen molar-refractivity contribution in [2.45, 2.75) is 0 Å². The van der Waals surface area contributed by atoms with Crippen molar-refractivity contribution >= 4 is 65.8 Å². The molecule has 0 spiro atoms. The van der Waals surface area contributed by atoms with Gasteiger partial charge in [0.1, 0.15) is 33.5 Å². The van der Waals surface area contributed by atoms with Crippen molar-refractivity contribution < 1.29 is 13.3 Å². The summed E-state index contributed by atoms with van der Waals surface area (Å²) in [5, 5.41) is 6.73. The summed E-state index contributed by atoms with van der Waals surface area (Å²) in [7, 11) is 0. The Morgan fingerprint density at radius 2 is 0.304 bits per heavy atom. The van der Waals surface area contributed by atoms with Gasteiger partial charge in [-0.15, -0.1) is 0 Å². The van der Waals surface area contributed by atoms with Crippen LogP contribution in [0.25, 0.3) is 245 Å². The number of fused-ring (bicyclic) bond motifs is 9. The third kappa shape index (κ3) is 16.8. The van der Waals surface area contributed by atoms with Gasteiger partial charge in [-0.05, 0) is 157 Å². The first-order chi connectivity index (χ1) is 66.9. The van der Waals surface area contributed by atoms with Crippen LogP contribution in [0.5, 0.6) is 0 Å². The van der Waals surface area contributed by atoms with Gasteiger partial charge in [0, 0.05) is 82.4 Å². The quantitative estimate of drug-likeness (QED) is 0.0932. The minimum atomic E-state index is 0.688. The minimum absolute atomic E-state index is 0.688. The molecule has 0 radical (unpaired) electrons. The smallest absolute Gasteiger partial charge is 0.160 e. The molecule has 6 heterocycles. The van der Waals surface area contributed by atoms with E-state index in [2.05, 4.69) is 382 Å². The monoisotopic (exact) mass is 1730 g/mol. The molecular weight excluding hydrogens is 1650 g/mol. The number of benzene rings is 19. The topological polar surface area (TPSA) is 117 Å². The van der Waals surface area contributed by atoms with E-state index in [1.807, 2.05) is 115 Å². The zero-order chi connectivity index (χ0) is 89.8. The summed E-state index contributed by atoms with van der Waals surface area (Å²) >= 11 is 0. The molecule has 0 aliphatic rings. The van der Waals surface area contributed by atoms with Gasteiger partial charge in [0.15, 0.2) is 17.5 Å². The van der Waals surface area contributed by atoms with Crippen LogP contribution in [0.4, 0.5) is 0 Å². The molecule has 0 aliphatic carbocycles. The van der Waals surface area contributed by atoms with E-state index in [9.17, 15) is 0 Å². The molecule has 0 fully saturated rings. The molecule has 0 saturated carbocycles. The third-order valence-electron chi connectivity index (χ3n) is 24.9. The summed E-state index contributed by atoms with van der Waals surface area (Å²) < 4.78 is 18.6. The van der Waals surface area contributed by atoms with Crippen molar-refractivity contribution in [3.05, 3.63) is 497 Å². The summed E-state index contributed by atoms with van der Waals surface area (Å²) in [6.07, 6.45) is 0. The number of para-hydroxylation sites is 3. The molecule has 0 bridgehead atoms. The molecule has 25 rings (SSSR count). The first kappa shape index (κ1) is 81.3. The molecular formula is C126H82N6O3. The van der Waals surface area contributed by atoms with Crippen molar-refractivity contribution in [2.24, 2.45) is 0 Å². The second-order valence-corrected chi connectivity index (χ2v) is 33.5. The maximum atomic E-state index is 6.21. The summed E-state index contributed by atoms with van der Waals surface area (Å²) in [5.41, 5.74) is 35.9. The van der Waals surface area contributed by atoms with Crippen LogP contribution in [0.1, 0.15) is 0 Å². The van der Waals surface area contributed by atoms with Crippen LogP contribution in [-0.2, 0) is 0 Å². The van der Waals surface area contributed by atoms with Crippen LogP contribution in [0, 0.1) is 0 Å². The van der Waals surface area contributed by atoms with Gasteiger partial charge in [-0.1, -0.05) is 419 Å². The minimum Gasteiger partial charge on any atom is -0.456 e. The number of rotatable bonds is 16. The Balaban J connectivity index is 0.000000114. The Hall–Kier alpha value is -18.2. The number of furan rings is 3. The molecule has 0 aliphatic heterocycles. The highest BCUT2D eigenvalue weighted by Crippen LogP contribution is 2.44. The zero-order valence-corrected chi connectivity index (χ0v) is 73.3. The van der Waals surface area contributed by atoms with Crippen LogP contribution in [0.2, 0.25) is 0 Å². The van der Waals surface area contributed by atoms with E-state index in [0.717, 1.165) is 200 Å². The van der Waals surface area contributed by atoms with E-state index in [1.165, 1.54) is 27.8 Å². The highest BCUT2D eigenvalue weighted by atomic mass is 16.3. The fourth-order valence-corrected chi connectivity index (χ4v) is 18.2. The van der Waals surface area contributed by atoms with Gasteiger partial charge in [0.25, 0.3) is 0 Å². The molecule has 634 valence electrons. The highest BCUT2D eigenvalue weighted by molar-refractivity contribution is 6.15. The fraction of sp³-hybridized carbons (Fsp3) is 0. The van der Waals surface area contributed by atoms with E-state index >= 15 is 0 Å². The van der Waals surface area contributed by atoms with Gasteiger partial charge in [0.05, 0.1) is 34.2 Å². The Kier molecular flexibility index (Phi) is 21.9. The first-order valence-corrected chi connectivity index (χ1v) is 45.3. The predicted octanol–water partition coefficient (Wildman–Crippen LogP) is 33.8. The standard InChI is InChI=1S/C46H30N2O.2C40H26N2O/c1-3-11-31(12-4-1)33-21-25-35(26-22-33)41-30-42(48-46(47-41)36-27-23-34(24-28-36)32-13-5-2-6-14-32)38-16-9-15-37(29-38)39-18-10-20-44-45(39)40-17-7-8-19-43(40)49-44;1-3-12-27(13-4-1)29-16-9-18-31(24-29)35-26-36(42-40(41-35)28-14-5-2-6-15-28)32-19-10-17-30(25-32)33-21-11-23-38-39(33)34-20-7-8-22-37(34)43-38;1-3-11-27(12-4-1)28-21-23-30(24-22-28)40-41-35(29-13-5-2-6-14-29)26-36(42-40)32-16-9-15-31(25-32)33-18-10-20-38-39(33)34-17-7-8-19-37(34)43-38/h1-30H;2*1-26H. The predicted molar refractivity (Wildman–Crippen MR) is 555 cm³/mol. The van der Waals surface area contributed by atoms with Crippen LogP contribution >= 0.6 is 0 Å². The Labute approximate surface area is 780 Å². The van der Waals surface area contributed by atoms with Crippen molar-refractivity contribution in [3.8, 4) is 180 Å². The fourth-order valence-electron chi connectivity index (χ4n) is 18.2. The van der Waals surface area contributed by atoms with Gasteiger partial charge >= 0.3 is 0 Å².